The maximum Gasteiger partial charge on any atom is 0.313 e. The van der Waals surface area contributed by atoms with Gasteiger partial charge in [0, 0.05) is 25.0 Å². The van der Waals surface area contributed by atoms with Gasteiger partial charge in [-0.15, -0.1) is 0 Å². The first-order chi connectivity index (χ1) is 8.48. The minimum atomic E-state index is -0.575. The summed E-state index contributed by atoms with van der Waals surface area (Å²) in [4.78, 5) is 28.7. The molecule has 1 N–H and O–H groups in total. The fraction of sp³-hybridized carbons (Fsp3) is 0.538. The molecule has 1 saturated heterocycles. The molecule has 1 amide bonds. The minimum Gasteiger partial charge on any atom is -0.469 e. The van der Waals surface area contributed by atoms with E-state index in [9.17, 15) is 9.59 Å². The summed E-state index contributed by atoms with van der Waals surface area (Å²) in [6.45, 7) is 4.72. The van der Waals surface area contributed by atoms with E-state index in [1.54, 1.807) is 17.2 Å². The van der Waals surface area contributed by atoms with Gasteiger partial charge in [-0.3, -0.25) is 9.59 Å². The number of methoxy groups -OCH3 is 1. The summed E-state index contributed by atoms with van der Waals surface area (Å²) in [6.07, 6.45) is 2.40. The Morgan fingerprint density at radius 1 is 1.50 bits per heavy atom. The molecule has 0 aliphatic carbocycles. The van der Waals surface area contributed by atoms with Crippen molar-refractivity contribution in [3.8, 4) is 0 Å². The van der Waals surface area contributed by atoms with Gasteiger partial charge in [-0.25, -0.2) is 0 Å². The topological polar surface area (TPSA) is 62.4 Å². The number of nitrogens with one attached hydrogen (secondary N) is 1. The normalized spacial score (nSPS) is 23.2. The Bertz CT molecular complexity index is 480. The molecule has 1 aliphatic heterocycles. The summed E-state index contributed by atoms with van der Waals surface area (Å²) in [6, 6.07) is 1.77. The molecular weight excluding hydrogens is 232 g/mol. The van der Waals surface area contributed by atoms with Crippen LogP contribution in [0.1, 0.15) is 29.4 Å². The summed E-state index contributed by atoms with van der Waals surface area (Å²) in [5.74, 6) is -0.273. The highest BCUT2D eigenvalue weighted by molar-refractivity contribution is 5.96. The van der Waals surface area contributed by atoms with Crippen molar-refractivity contribution in [2.45, 2.75) is 20.3 Å². The van der Waals surface area contributed by atoms with Crippen molar-refractivity contribution < 1.29 is 14.3 Å². The molecule has 2 rings (SSSR count). The average molecular weight is 250 g/mol. The van der Waals surface area contributed by atoms with Gasteiger partial charge in [-0.2, -0.15) is 0 Å². The van der Waals surface area contributed by atoms with Gasteiger partial charge in [-0.05, 0) is 26.3 Å². The van der Waals surface area contributed by atoms with Crippen molar-refractivity contribution in [1.82, 2.24) is 9.88 Å². The van der Waals surface area contributed by atoms with Crippen LogP contribution in [0.25, 0.3) is 0 Å². The molecule has 5 heteroatoms. The Kier molecular flexibility index (Phi) is 3.15. The van der Waals surface area contributed by atoms with E-state index < -0.39 is 5.41 Å². The maximum atomic E-state index is 12.3. The minimum absolute atomic E-state index is 0.0265. The van der Waals surface area contributed by atoms with E-state index in [1.165, 1.54) is 7.11 Å². The van der Waals surface area contributed by atoms with Crippen molar-refractivity contribution in [1.29, 1.82) is 0 Å². The SMILES string of the molecule is COC(=O)[C@@]1(C)CCN(C(=O)c2cc[nH]c2C)C1. The summed E-state index contributed by atoms with van der Waals surface area (Å²) in [5.41, 5.74) is 0.949. The number of H-pyrrole nitrogens is 1. The van der Waals surface area contributed by atoms with Crippen LogP contribution in [-0.4, -0.2) is 42.0 Å². The van der Waals surface area contributed by atoms with Crippen molar-refractivity contribution in [3.63, 3.8) is 0 Å². The van der Waals surface area contributed by atoms with Crippen LogP contribution in [0.15, 0.2) is 12.3 Å². The highest BCUT2D eigenvalue weighted by Gasteiger charge is 2.43. The molecule has 0 unspecified atom stereocenters. The highest BCUT2D eigenvalue weighted by Crippen LogP contribution is 2.32. The molecule has 0 bridgehead atoms. The van der Waals surface area contributed by atoms with Gasteiger partial charge >= 0.3 is 5.97 Å². The number of nitrogens with zero attached hydrogens (tertiary/aromatic N) is 1. The van der Waals surface area contributed by atoms with Crippen LogP contribution in [0, 0.1) is 12.3 Å². The van der Waals surface area contributed by atoms with E-state index >= 15 is 0 Å². The molecule has 1 aliphatic rings. The van der Waals surface area contributed by atoms with Gasteiger partial charge in [0.15, 0.2) is 0 Å². The monoisotopic (exact) mass is 250 g/mol. The van der Waals surface area contributed by atoms with Gasteiger partial charge in [-0.1, -0.05) is 0 Å². The van der Waals surface area contributed by atoms with Gasteiger partial charge in [0.2, 0.25) is 0 Å². The Morgan fingerprint density at radius 3 is 2.78 bits per heavy atom. The number of hydrogen-bond donors (Lipinski definition) is 1. The summed E-state index contributed by atoms with van der Waals surface area (Å²) in [5, 5.41) is 0. The van der Waals surface area contributed by atoms with Crippen molar-refractivity contribution in [3.05, 3.63) is 23.5 Å². The van der Waals surface area contributed by atoms with Gasteiger partial charge in [0.25, 0.3) is 5.91 Å². The number of aryl methyl sites for hydroxylation is 1. The molecule has 0 aromatic carbocycles. The molecule has 0 spiro atoms. The second kappa shape index (κ2) is 4.48. The molecule has 2 heterocycles. The third kappa shape index (κ3) is 2.00. The molecule has 0 saturated carbocycles. The van der Waals surface area contributed by atoms with Crippen LogP contribution in [0.2, 0.25) is 0 Å². The summed E-state index contributed by atoms with van der Waals surface area (Å²) >= 11 is 0. The number of hydrogen-bond acceptors (Lipinski definition) is 3. The molecule has 98 valence electrons. The first-order valence-corrected chi connectivity index (χ1v) is 5.99. The number of aromatic amines is 1. The van der Waals surface area contributed by atoms with Crippen LogP contribution < -0.4 is 0 Å². The van der Waals surface area contributed by atoms with Crippen LogP contribution in [0.4, 0.5) is 0 Å². The Hall–Kier alpha value is -1.78. The smallest absolute Gasteiger partial charge is 0.313 e. The summed E-state index contributed by atoms with van der Waals surface area (Å²) < 4.78 is 4.80. The number of likely N-dealkylation sites (tertiary alicyclic amines) is 1. The fourth-order valence-corrected chi connectivity index (χ4v) is 2.40. The quantitative estimate of drug-likeness (QED) is 0.806. The van der Waals surface area contributed by atoms with E-state index in [4.69, 9.17) is 4.74 Å². The lowest BCUT2D eigenvalue weighted by Crippen LogP contribution is -2.35. The lowest BCUT2D eigenvalue weighted by molar-refractivity contribution is -0.150. The number of esters is 1. The van der Waals surface area contributed by atoms with Crippen molar-refractivity contribution in [2.75, 3.05) is 20.2 Å². The Labute approximate surface area is 106 Å². The lowest BCUT2D eigenvalue weighted by atomic mass is 9.90. The van der Waals surface area contributed by atoms with Crippen LogP contribution in [0.5, 0.6) is 0 Å². The molecule has 18 heavy (non-hydrogen) atoms. The standard InChI is InChI=1S/C13H18N2O3/c1-9-10(4-6-14-9)11(16)15-7-5-13(2,8-15)12(17)18-3/h4,6,14H,5,7-8H2,1-3H3/t13-/m0/s1. The maximum absolute atomic E-state index is 12.3. The third-order valence-corrected chi connectivity index (χ3v) is 3.62. The molecule has 1 atom stereocenters. The highest BCUT2D eigenvalue weighted by atomic mass is 16.5. The first kappa shape index (κ1) is 12.7. The first-order valence-electron chi connectivity index (χ1n) is 5.99. The largest absolute Gasteiger partial charge is 0.469 e. The second-order valence-electron chi connectivity index (χ2n) is 5.05. The van der Waals surface area contributed by atoms with Crippen LogP contribution in [-0.2, 0) is 9.53 Å². The average Bonchev–Trinajstić information content (AvgIpc) is 2.95. The molecule has 0 radical (unpaired) electrons. The number of ether oxygens (including phenoxy) is 1. The zero-order valence-electron chi connectivity index (χ0n) is 10.9. The number of amides is 1. The van der Waals surface area contributed by atoms with Crippen LogP contribution >= 0.6 is 0 Å². The van der Waals surface area contributed by atoms with Gasteiger partial charge in [0.1, 0.15) is 0 Å². The molecular formula is C13H18N2O3. The van der Waals surface area contributed by atoms with E-state index in [-0.39, 0.29) is 11.9 Å². The Balaban J connectivity index is 2.12. The predicted molar refractivity (Wildman–Crippen MR) is 66.2 cm³/mol. The second-order valence-corrected chi connectivity index (χ2v) is 5.05. The van der Waals surface area contributed by atoms with E-state index in [0.717, 1.165) is 5.69 Å². The van der Waals surface area contributed by atoms with Gasteiger partial charge in [0.05, 0.1) is 18.1 Å². The van der Waals surface area contributed by atoms with Gasteiger partial charge < -0.3 is 14.6 Å². The number of carbonyl (C=O) groups is 2. The number of rotatable bonds is 2. The fourth-order valence-electron chi connectivity index (χ4n) is 2.40. The van der Waals surface area contributed by atoms with Crippen molar-refractivity contribution in [2.24, 2.45) is 5.41 Å². The van der Waals surface area contributed by atoms with E-state index in [2.05, 4.69) is 4.98 Å². The molecule has 1 aromatic heterocycles. The van der Waals surface area contributed by atoms with E-state index in [0.29, 0.717) is 25.1 Å². The zero-order valence-corrected chi connectivity index (χ0v) is 10.9. The molecule has 5 nitrogen and oxygen atoms in total. The lowest BCUT2D eigenvalue weighted by Gasteiger charge is -2.21. The van der Waals surface area contributed by atoms with Crippen LogP contribution in [0.3, 0.4) is 0 Å². The molecule has 1 aromatic rings. The number of aromatic nitrogens is 1. The van der Waals surface area contributed by atoms with E-state index in [1.807, 2.05) is 13.8 Å². The van der Waals surface area contributed by atoms with Crippen molar-refractivity contribution >= 4 is 11.9 Å². The Morgan fingerprint density at radius 2 is 2.22 bits per heavy atom. The summed E-state index contributed by atoms with van der Waals surface area (Å²) in [7, 11) is 1.38. The number of carbonyl (C=O) groups excluding carboxylic acids is 2. The predicted octanol–water partition coefficient (Wildman–Crippen LogP) is 1.35. The third-order valence-electron chi connectivity index (χ3n) is 3.62. The zero-order chi connectivity index (χ0) is 13.3. The molecule has 1 fully saturated rings.